The number of morpholine rings is 1. The molecule has 2 saturated heterocycles. The maximum Gasteiger partial charge on any atom is 0.254 e. The van der Waals surface area contributed by atoms with Gasteiger partial charge in [-0.2, -0.15) is 0 Å². The molecule has 2 aliphatic rings. The van der Waals surface area contributed by atoms with Gasteiger partial charge in [0, 0.05) is 57.6 Å². The van der Waals surface area contributed by atoms with Crippen molar-refractivity contribution in [1.29, 1.82) is 0 Å². The smallest absolute Gasteiger partial charge is 0.254 e. The molecule has 8 heteroatoms. The molecule has 1 amide bonds. The summed E-state index contributed by atoms with van der Waals surface area (Å²) in [5.41, 5.74) is 1.38. The molecule has 148 valence electrons. The monoisotopic (exact) mass is 385 g/mol. The molecule has 7 nitrogen and oxygen atoms in total. The first-order valence-electron chi connectivity index (χ1n) is 9.61. The Balaban J connectivity index is 1.32. The van der Waals surface area contributed by atoms with Crippen LogP contribution in [0.15, 0.2) is 36.5 Å². The minimum atomic E-state index is -0.385. The summed E-state index contributed by atoms with van der Waals surface area (Å²) < 4.78 is 18.7. The largest absolute Gasteiger partial charge is 0.378 e. The third-order valence-corrected chi connectivity index (χ3v) is 5.11. The van der Waals surface area contributed by atoms with Gasteiger partial charge in [-0.25, -0.2) is 14.4 Å². The van der Waals surface area contributed by atoms with Crippen LogP contribution in [0.5, 0.6) is 0 Å². The normalized spacial score (nSPS) is 18.3. The lowest BCUT2D eigenvalue weighted by atomic mass is 10.1. The summed E-state index contributed by atoms with van der Waals surface area (Å²) in [7, 11) is 0. The highest BCUT2D eigenvalue weighted by Crippen LogP contribution is 2.14. The SMILES string of the molecule is O=C(c1cccc(F)c1)N1CCN(Cc2ccnc(N3CCOCC3)n2)CC1. The molecular formula is C20H24FN5O2. The van der Waals surface area contributed by atoms with E-state index in [4.69, 9.17) is 9.72 Å². The molecule has 4 rings (SSSR count). The van der Waals surface area contributed by atoms with Crippen LogP contribution in [0.3, 0.4) is 0 Å². The van der Waals surface area contributed by atoms with Crippen molar-refractivity contribution in [2.24, 2.45) is 0 Å². The topological polar surface area (TPSA) is 61.8 Å². The first-order chi connectivity index (χ1) is 13.7. The van der Waals surface area contributed by atoms with Crippen LogP contribution in [0.25, 0.3) is 0 Å². The number of aromatic nitrogens is 2. The van der Waals surface area contributed by atoms with Crippen LogP contribution < -0.4 is 4.90 Å². The predicted molar refractivity (Wildman–Crippen MR) is 103 cm³/mol. The number of rotatable bonds is 4. The van der Waals surface area contributed by atoms with Crippen LogP contribution in [0.1, 0.15) is 16.1 Å². The van der Waals surface area contributed by atoms with Crippen molar-refractivity contribution in [3.05, 3.63) is 53.6 Å². The number of hydrogen-bond acceptors (Lipinski definition) is 6. The van der Waals surface area contributed by atoms with Gasteiger partial charge < -0.3 is 14.5 Å². The van der Waals surface area contributed by atoms with Gasteiger partial charge in [-0.1, -0.05) is 6.07 Å². The second-order valence-corrected chi connectivity index (χ2v) is 7.03. The van der Waals surface area contributed by atoms with Gasteiger partial charge in [0.25, 0.3) is 5.91 Å². The van der Waals surface area contributed by atoms with Gasteiger partial charge in [0.1, 0.15) is 5.82 Å². The van der Waals surface area contributed by atoms with E-state index in [2.05, 4.69) is 14.8 Å². The molecule has 0 bridgehead atoms. The number of amides is 1. The van der Waals surface area contributed by atoms with Crippen LogP contribution in [0.2, 0.25) is 0 Å². The Labute approximate surface area is 163 Å². The Morgan fingerprint density at radius 3 is 2.61 bits per heavy atom. The van der Waals surface area contributed by atoms with Crippen molar-refractivity contribution in [2.45, 2.75) is 6.54 Å². The molecule has 0 unspecified atom stereocenters. The summed E-state index contributed by atoms with van der Waals surface area (Å²) in [4.78, 5) is 27.8. The van der Waals surface area contributed by atoms with Crippen LogP contribution in [0, 0.1) is 5.82 Å². The summed E-state index contributed by atoms with van der Waals surface area (Å²) in [5.74, 6) is 0.251. The minimum absolute atomic E-state index is 0.115. The lowest BCUT2D eigenvalue weighted by Crippen LogP contribution is -2.48. The van der Waals surface area contributed by atoms with E-state index >= 15 is 0 Å². The fraction of sp³-hybridized carbons (Fsp3) is 0.450. The molecule has 2 aromatic rings. The predicted octanol–water partition coefficient (Wildman–Crippen LogP) is 1.41. The zero-order chi connectivity index (χ0) is 19.3. The van der Waals surface area contributed by atoms with Crippen LogP contribution >= 0.6 is 0 Å². The van der Waals surface area contributed by atoms with Gasteiger partial charge in [0.2, 0.25) is 5.95 Å². The van der Waals surface area contributed by atoms with E-state index in [1.54, 1.807) is 23.2 Å². The molecule has 0 atom stereocenters. The van der Waals surface area contributed by atoms with E-state index in [1.165, 1.54) is 12.1 Å². The molecule has 0 saturated carbocycles. The van der Waals surface area contributed by atoms with Crippen molar-refractivity contribution >= 4 is 11.9 Å². The van der Waals surface area contributed by atoms with E-state index in [0.717, 1.165) is 44.4 Å². The zero-order valence-corrected chi connectivity index (χ0v) is 15.8. The summed E-state index contributed by atoms with van der Waals surface area (Å²) >= 11 is 0. The van der Waals surface area contributed by atoms with E-state index in [9.17, 15) is 9.18 Å². The summed E-state index contributed by atoms with van der Waals surface area (Å²) in [6.45, 7) is 6.52. The van der Waals surface area contributed by atoms with Gasteiger partial charge >= 0.3 is 0 Å². The number of nitrogens with zero attached hydrogens (tertiary/aromatic N) is 5. The molecule has 2 aliphatic heterocycles. The number of carbonyl (C=O) groups is 1. The van der Waals surface area contributed by atoms with Crippen LogP contribution in [-0.4, -0.2) is 78.2 Å². The molecule has 1 aromatic heterocycles. The van der Waals surface area contributed by atoms with E-state index in [1.807, 2.05) is 6.07 Å². The lowest BCUT2D eigenvalue weighted by Gasteiger charge is -2.34. The lowest BCUT2D eigenvalue weighted by molar-refractivity contribution is 0.0626. The summed E-state index contributed by atoms with van der Waals surface area (Å²) in [6, 6.07) is 7.81. The molecule has 28 heavy (non-hydrogen) atoms. The molecule has 1 aromatic carbocycles. The zero-order valence-electron chi connectivity index (χ0n) is 15.8. The highest BCUT2D eigenvalue weighted by molar-refractivity contribution is 5.94. The van der Waals surface area contributed by atoms with Crippen molar-refractivity contribution in [1.82, 2.24) is 19.8 Å². The third kappa shape index (κ3) is 4.45. The van der Waals surface area contributed by atoms with Crippen LogP contribution in [0.4, 0.5) is 10.3 Å². The van der Waals surface area contributed by atoms with E-state index in [0.29, 0.717) is 31.9 Å². The number of hydrogen-bond donors (Lipinski definition) is 0. The van der Waals surface area contributed by atoms with Crippen molar-refractivity contribution in [2.75, 3.05) is 57.4 Å². The average Bonchev–Trinajstić information content (AvgIpc) is 2.75. The molecule has 3 heterocycles. The van der Waals surface area contributed by atoms with Crippen LogP contribution in [-0.2, 0) is 11.3 Å². The van der Waals surface area contributed by atoms with Gasteiger partial charge in [0.15, 0.2) is 0 Å². The number of carbonyl (C=O) groups excluding carboxylic acids is 1. The molecule has 0 N–H and O–H groups in total. The molecular weight excluding hydrogens is 361 g/mol. The van der Waals surface area contributed by atoms with E-state index < -0.39 is 0 Å². The molecule has 0 radical (unpaired) electrons. The maximum absolute atomic E-state index is 13.4. The summed E-state index contributed by atoms with van der Waals surface area (Å²) in [5, 5.41) is 0. The Kier molecular flexibility index (Phi) is 5.78. The molecule has 0 spiro atoms. The van der Waals surface area contributed by atoms with Gasteiger partial charge in [-0.15, -0.1) is 0 Å². The highest BCUT2D eigenvalue weighted by atomic mass is 19.1. The van der Waals surface area contributed by atoms with E-state index in [-0.39, 0.29) is 11.7 Å². The number of halogens is 1. The second-order valence-electron chi connectivity index (χ2n) is 7.03. The number of anilines is 1. The van der Waals surface area contributed by atoms with Crippen molar-refractivity contribution < 1.29 is 13.9 Å². The minimum Gasteiger partial charge on any atom is -0.378 e. The first-order valence-corrected chi connectivity index (χ1v) is 9.61. The number of ether oxygens (including phenoxy) is 1. The maximum atomic E-state index is 13.4. The van der Waals surface area contributed by atoms with Gasteiger partial charge in [-0.3, -0.25) is 9.69 Å². The Morgan fingerprint density at radius 2 is 1.86 bits per heavy atom. The summed E-state index contributed by atoms with van der Waals surface area (Å²) in [6.07, 6.45) is 1.80. The Morgan fingerprint density at radius 1 is 1.07 bits per heavy atom. The third-order valence-electron chi connectivity index (χ3n) is 5.11. The van der Waals surface area contributed by atoms with Gasteiger partial charge in [-0.05, 0) is 24.3 Å². The first kappa shape index (κ1) is 18.8. The molecule has 2 fully saturated rings. The standard InChI is InChI=1S/C20H24FN5O2/c21-17-3-1-2-16(14-17)19(27)25-8-6-24(7-9-25)15-18-4-5-22-20(23-18)26-10-12-28-13-11-26/h1-5,14H,6-13,15H2. The Hall–Kier alpha value is -2.58. The number of piperazine rings is 1. The van der Waals surface area contributed by atoms with Crippen molar-refractivity contribution in [3.8, 4) is 0 Å². The highest BCUT2D eigenvalue weighted by Gasteiger charge is 2.23. The fourth-order valence-electron chi connectivity index (χ4n) is 3.53. The number of benzene rings is 1. The fourth-order valence-corrected chi connectivity index (χ4v) is 3.53. The Bertz CT molecular complexity index is 820. The van der Waals surface area contributed by atoms with Gasteiger partial charge in [0.05, 0.1) is 18.9 Å². The quantitative estimate of drug-likeness (QED) is 0.793. The average molecular weight is 385 g/mol. The second kappa shape index (κ2) is 8.62. The molecule has 0 aliphatic carbocycles. The van der Waals surface area contributed by atoms with Crippen molar-refractivity contribution in [3.63, 3.8) is 0 Å².